The van der Waals surface area contributed by atoms with Crippen LogP contribution in [0.4, 0.5) is 0 Å². The van der Waals surface area contributed by atoms with E-state index in [1.54, 1.807) is 0 Å². The molecule has 167 valence electrons. The molecule has 0 unspecified atom stereocenters. The lowest BCUT2D eigenvalue weighted by molar-refractivity contribution is 0.954. The molecule has 0 aliphatic heterocycles. The van der Waals surface area contributed by atoms with Crippen LogP contribution in [0.2, 0.25) is 0 Å². The fourth-order valence-electron chi connectivity index (χ4n) is 4.90. The van der Waals surface area contributed by atoms with E-state index in [9.17, 15) is 0 Å². The first-order chi connectivity index (χ1) is 17.8. The van der Waals surface area contributed by atoms with Crippen molar-refractivity contribution in [3.63, 3.8) is 0 Å². The molecule has 7 rings (SSSR count). The third-order valence-electron chi connectivity index (χ3n) is 6.54. The van der Waals surface area contributed by atoms with Crippen molar-refractivity contribution in [1.82, 2.24) is 19.5 Å². The van der Waals surface area contributed by atoms with E-state index < -0.39 is 0 Å². The summed E-state index contributed by atoms with van der Waals surface area (Å²) in [4.78, 5) is 14.9. The summed E-state index contributed by atoms with van der Waals surface area (Å²) in [6.07, 6.45) is 0. The van der Waals surface area contributed by atoms with Crippen LogP contribution < -0.4 is 5.19 Å². The van der Waals surface area contributed by atoms with Gasteiger partial charge in [-0.2, -0.15) is 9.97 Å². The predicted octanol–water partition coefficient (Wildman–Crippen LogP) is 6.25. The van der Waals surface area contributed by atoms with Crippen molar-refractivity contribution in [3.05, 3.63) is 115 Å². The third-order valence-corrected chi connectivity index (χ3v) is 6.85. The average molecular weight is 476 g/mol. The van der Waals surface area contributed by atoms with Crippen molar-refractivity contribution >= 4 is 48.0 Å². The highest BCUT2D eigenvalue weighted by atomic mass is 28.1. The van der Waals surface area contributed by atoms with E-state index in [1.807, 2.05) is 60.7 Å². The summed E-state index contributed by atoms with van der Waals surface area (Å²) in [5, 5.41) is 5.77. The van der Waals surface area contributed by atoms with Gasteiger partial charge in [-0.25, -0.2) is 4.98 Å². The average Bonchev–Trinajstić information content (AvgIpc) is 3.27. The first-order valence-electron chi connectivity index (χ1n) is 11.8. The zero-order valence-corrected chi connectivity index (χ0v) is 20.3. The highest BCUT2D eigenvalue weighted by molar-refractivity contribution is 6.34. The van der Waals surface area contributed by atoms with Gasteiger partial charge < -0.3 is 0 Å². The summed E-state index contributed by atoms with van der Waals surface area (Å²) >= 11 is 0. The molecule has 0 atom stereocenters. The molecule has 2 heterocycles. The standard InChI is InChI=1S/C31H19N4Si/c36-23-16-18-26-25(19-23)28-24-14-8-7-9-20(24)15-17-27(28)35(26)31-33-29(21-10-3-1-4-11-21)32-30(34-31)22-12-5-2-6-13-22/h1-19H. The summed E-state index contributed by atoms with van der Waals surface area (Å²) in [7, 11) is 3.74. The number of benzene rings is 5. The Bertz CT molecular complexity index is 1840. The summed E-state index contributed by atoms with van der Waals surface area (Å²) < 4.78 is 2.16. The van der Waals surface area contributed by atoms with Gasteiger partial charge in [-0.15, -0.1) is 0 Å². The molecule has 0 aliphatic rings. The highest BCUT2D eigenvalue weighted by Gasteiger charge is 2.19. The van der Waals surface area contributed by atoms with E-state index in [-0.39, 0.29) is 0 Å². The topological polar surface area (TPSA) is 43.6 Å². The number of aromatic nitrogens is 4. The van der Waals surface area contributed by atoms with Crippen molar-refractivity contribution in [1.29, 1.82) is 0 Å². The van der Waals surface area contributed by atoms with Crippen LogP contribution in [0.15, 0.2) is 115 Å². The minimum Gasteiger partial charge on any atom is -0.278 e. The van der Waals surface area contributed by atoms with Gasteiger partial charge in [0.1, 0.15) is 0 Å². The molecule has 0 bridgehead atoms. The minimum atomic E-state index is 0.597. The summed E-state index contributed by atoms with van der Waals surface area (Å²) in [6, 6.07) is 39.3. The van der Waals surface area contributed by atoms with Gasteiger partial charge in [0.05, 0.1) is 21.3 Å². The molecule has 0 saturated heterocycles. The molecule has 0 amide bonds. The quantitative estimate of drug-likeness (QED) is 0.284. The number of rotatable bonds is 3. The SMILES string of the molecule is [Si]c1ccc2c(c1)c1c3ccccc3ccc1n2-c1nc(-c2ccccc2)nc(-c2ccccc2)n1. The van der Waals surface area contributed by atoms with Gasteiger partial charge in [0, 0.05) is 21.9 Å². The molecule has 7 aromatic rings. The second-order valence-corrected chi connectivity index (χ2v) is 9.34. The third kappa shape index (κ3) is 3.33. The normalized spacial score (nSPS) is 11.5. The molecule has 0 fully saturated rings. The Labute approximate surface area is 211 Å². The van der Waals surface area contributed by atoms with Crippen LogP contribution >= 0.6 is 0 Å². The molecule has 5 heteroatoms. The second kappa shape index (κ2) is 8.25. The van der Waals surface area contributed by atoms with E-state index in [0.717, 1.165) is 32.7 Å². The fraction of sp³-hybridized carbons (Fsp3) is 0. The van der Waals surface area contributed by atoms with Crippen molar-refractivity contribution in [2.75, 3.05) is 0 Å². The largest absolute Gasteiger partial charge is 0.278 e. The van der Waals surface area contributed by atoms with E-state index in [0.29, 0.717) is 17.6 Å². The monoisotopic (exact) mass is 475 g/mol. The van der Waals surface area contributed by atoms with Crippen molar-refractivity contribution in [3.8, 4) is 28.7 Å². The maximum atomic E-state index is 5.00. The van der Waals surface area contributed by atoms with Gasteiger partial charge in [0.2, 0.25) is 5.95 Å². The predicted molar refractivity (Wildman–Crippen MR) is 148 cm³/mol. The zero-order chi connectivity index (χ0) is 24.1. The Kier molecular flexibility index (Phi) is 4.75. The maximum absolute atomic E-state index is 5.00. The van der Waals surface area contributed by atoms with E-state index in [1.165, 1.54) is 16.2 Å². The summed E-state index contributed by atoms with van der Waals surface area (Å²) in [6.45, 7) is 0. The van der Waals surface area contributed by atoms with Gasteiger partial charge in [0.15, 0.2) is 11.6 Å². The number of fused-ring (bicyclic) bond motifs is 5. The first-order valence-corrected chi connectivity index (χ1v) is 12.3. The van der Waals surface area contributed by atoms with Crippen LogP contribution in [-0.4, -0.2) is 29.8 Å². The van der Waals surface area contributed by atoms with Gasteiger partial charge in [0.25, 0.3) is 0 Å². The molecular formula is C31H19N4Si. The van der Waals surface area contributed by atoms with Crippen molar-refractivity contribution in [2.45, 2.75) is 0 Å². The molecule has 0 aliphatic carbocycles. The van der Waals surface area contributed by atoms with Crippen molar-refractivity contribution < 1.29 is 0 Å². The molecule has 0 spiro atoms. The number of hydrogen-bond donors (Lipinski definition) is 0. The van der Waals surface area contributed by atoms with Gasteiger partial charge in [-0.1, -0.05) is 108 Å². The van der Waals surface area contributed by atoms with E-state index >= 15 is 0 Å². The highest BCUT2D eigenvalue weighted by Crippen LogP contribution is 2.36. The van der Waals surface area contributed by atoms with Gasteiger partial charge in [-0.05, 0) is 22.9 Å². The minimum absolute atomic E-state index is 0.597. The van der Waals surface area contributed by atoms with Crippen LogP contribution in [0.5, 0.6) is 0 Å². The first kappa shape index (κ1) is 20.7. The lowest BCUT2D eigenvalue weighted by Crippen LogP contribution is -2.07. The van der Waals surface area contributed by atoms with E-state index in [4.69, 9.17) is 15.0 Å². The molecule has 4 nitrogen and oxygen atoms in total. The number of hydrogen-bond acceptors (Lipinski definition) is 3. The fourth-order valence-corrected chi connectivity index (χ4v) is 5.13. The molecule has 36 heavy (non-hydrogen) atoms. The Balaban J connectivity index is 1.60. The Morgan fingerprint density at radius 1 is 0.528 bits per heavy atom. The lowest BCUT2D eigenvalue weighted by atomic mass is 10.0. The van der Waals surface area contributed by atoms with Crippen molar-refractivity contribution in [2.24, 2.45) is 0 Å². The van der Waals surface area contributed by atoms with Gasteiger partial charge >= 0.3 is 0 Å². The zero-order valence-electron chi connectivity index (χ0n) is 19.3. The van der Waals surface area contributed by atoms with Crippen LogP contribution in [0.25, 0.3) is 61.3 Å². The lowest BCUT2D eigenvalue weighted by Gasteiger charge is -2.11. The summed E-state index contributed by atoms with van der Waals surface area (Å²) in [5.74, 6) is 1.89. The molecule has 2 aromatic heterocycles. The maximum Gasteiger partial charge on any atom is 0.238 e. The molecule has 0 N–H and O–H groups in total. The van der Waals surface area contributed by atoms with Crippen LogP contribution in [0.3, 0.4) is 0 Å². The summed E-state index contributed by atoms with van der Waals surface area (Å²) in [5.41, 5.74) is 4.01. The Morgan fingerprint density at radius 3 is 1.83 bits per heavy atom. The Morgan fingerprint density at radius 2 is 1.14 bits per heavy atom. The molecule has 3 radical (unpaired) electrons. The van der Waals surface area contributed by atoms with E-state index in [2.05, 4.69) is 69.4 Å². The van der Waals surface area contributed by atoms with Gasteiger partial charge in [-0.3, -0.25) is 4.57 Å². The Hall–Kier alpha value is -4.61. The van der Waals surface area contributed by atoms with Crippen LogP contribution in [-0.2, 0) is 0 Å². The molecule has 5 aromatic carbocycles. The molecular weight excluding hydrogens is 456 g/mol. The molecule has 0 saturated carbocycles. The second-order valence-electron chi connectivity index (χ2n) is 8.76. The van der Waals surface area contributed by atoms with Crippen LogP contribution in [0, 0.1) is 0 Å². The number of nitrogens with zero attached hydrogens (tertiary/aromatic N) is 4. The van der Waals surface area contributed by atoms with Crippen LogP contribution in [0.1, 0.15) is 0 Å². The smallest absolute Gasteiger partial charge is 0.238 e.